The third-order valence-corrected chi connectivity index (χ3v) is 2.15. The van der Waals surface area contributed by atoms with E-state index in [0.29, 0.717) is 0 Å². The van der Waals surface area contributed by atoms with Gasteiger partial charge in [0.25, 0.3) is 0 Å². The Labute approximate surface area is 91.8 Å². The Morgan fingerprint density at radius 3 is 2.50 bits per heavy atom. The predicted molar refractivity (Wildman–Crippen MR) is 55.7 cm³/mol. The van der Waals surface area contributed by atoms with Gasteiger partial charge >= 0.3 is 6.18 Å². The number of halogens is 3. The van der Waals surface area contributed by atoms with Gasteiger partial charge in [0.1, 0.15) is 13.6 Å². The molecule has 0 fully saturated rings. The first-order valence-corrected chi connectivity index (χ1v) is 4.68. The van der Waals surface area contributed by atoms with Crippen LogP contribution in [-0.4, -0.2) is 20.7 Å². The summed E-state index contributed by atoms with van der Waals surface area (Å²) in [6.45, 7) is 0. The quantitative estimate of drug-likeness (QED) is 0.585. The molecule has 0 radical (unpaired) electrons. The van der Waals surface area contributed by atoms with Crippen LogP contribution in [0.3, 0.4) is 0 Å². The number of ketones is 1. The third-order valence-electron chi connectivity index (χ3n) is 2.15. The molecule has 0 aliphatic heterocycles. The van der Waals surface area contributed by atoms with Crippen LogP contribution in [-0.2, 0) is 6.18 Å². The van der Waals surface area contributed by atoms with E-state index in [1.165, 1.54) is 6.07 Å². The fourth-order valence-corrected chi connectivity index (χ4v) is 1.31. The molecule has 0 N–H and O–H groups in total. The van der Waals surface area contributed by atoms with Gasteiger partial charge < -0.3 is 4.74 Å². The Hall–Kier alpha value is -1.46. The summed E-state index contributed by atoms with van der Waals surface area (Å²) in [6.07, 6.45) is -4.35. The van der Waals surface area contributed by atoms with Gasteiger partial charge in [-0.15, -0.1) is 0 Å². The molecule has 0 atom stereocenters. The first-order valence-electron chi connectivity index (χ1n) is 4.68. The van der Waals surface area contributed by atoms with Crippen LogP contribution in [0.5, 0.6) is 5.75 Å². The van der Waals surface area contributed by atoms with Crippen LogP contribution in [0.2, 0.25) is 6.32 Å². The number of benzene rings is 1. The molecule has 1 aromatic rings. The van der Waals surface area contributed by atoms with Crippen LogP contribution in [0.1, 0.15) is 15.9 Å². The SMILES string of the molecule is BCC(=O)c1ccc(OC)c(C(F)(F)F)c1. The van der Waals surface area contributed by atoms with Gasteiger partial charge in [-0.05, 0) is 24.5 Å². The van der Waals surface area contributed by atoms with Crippen LogP contribution in [0.25, 0.3) is 0 Å². The first-order chi connectivity index (χ1) is 7.40. The molecular formula is C10H10BF3O2. The molecule has 0 saturated heterocycles. The van der Waals surface area contributed by atoms with Crippen LogP contribution >= 0.6 is 0 Å². The van der Waals surface area contributed by atoms with Crippen molar-refractivity contribution in [3.05, 3.63) is 29.3 Å². The third kappa shape index (κ3) is 2.56. The Kier molecular flexibility index (Phi) is 3.62. The number of Topliss-reactive ketones (excluding diaryl/α,β-unsaturated/α-hetero) is 1. The summed E-state index contributed by atoms with van der Waals surface area (Å²) >= 11 is 0. The highest BCUT2D eigenvalue weighted by atomic mass is 19.4. The highest BCUT2D eigenvalue weighted by molar-refractivity contribution is 6.24. The van der Waals surface area contributed by atoms with Crippen molar-refractivity contribution in [2.75, 3.05) is 7.11 Å². The van der Waals surface area contributed by atoms with E-state index in [1.54, 1.807) is 7.85 Å². The Morgan fingerprint density at radius 1 is 1.44 bits per heavy atom. The Bertz CT molecular complexity index is 402. The van der Waals surface area contributed by atoms with Crippen LogP contribution in [0, 0.1) is 0 Å². The fraction of sp³-hybridized carbons (Fsp3) is 0.300. The molecule has 0 amide bonds. The molecular weight excluding hydrogens is 220 g/mol. The number of carbonyl (C=O) groups excluding carboxylic acids is 1. The maximum absolute atomic E-state index is 12.6. The topological polar surface area (TPSA) is 26.3 Å². The molecule has 1 rings (SSSR count). The summed E-state index contributed by atoms with van der Waals surface area (Å²) in [5.41, 5.74) is -0.870. The minimum Gasteiger partial charge on any atom is -0.496 e. The molecule has 0 aliphatic carbocycles. The van der Waals surface area contributed by atoms with E-state index < -0.39 is 11.7 Å². The van der Waals surface area contributed by atoms with E-state index >= 15 is 0 Å². The molecule has 0 aromatic heterocycles. The standard InChI is InChI=1S/C10H10BF3O2/c1-16-9-3-2-6(8(15)5-11)4-7(9)10(12,13)14/h2-4H,5,11H2,1H3. The van der Waals surface area contributed by atoms with Gasteiger partial charge in [-0.2, -0.15) is 13.2 Å². The number of methoxy groups -OCH3 is 1. The maximum atomic E-state index is 12.6. The Morgan fingerprint density at radius 2 is 2.06 bits per heavy atom. The summed E-state index contributed by atoms with van der Waals surface area (Å²) in [5.74, 6) is -0.603. The molecule has 1 aromatic carbocycles. The van der Waals surface area contributed by atoms with Crippen molar-refractivity contribution < 1.29 is 22.7 Å². The van der Waals surface area contributed by atoms with Gasteiger partial charge in [0.2, 0.25) is 0 Å². The van der Waals surface area contributed by atoms with Crippen molar-refractivity contribution >= 4 is 13.6 Å². The second-order valence-corrected chi connectivity index (χ2v) is 3.19. The van der Waals surface area contributed by atoms with Crippen molar-refractivity contribution in [3.63, 3.8) is 0 Å². The number of ether oxygens (including phenoxy) is 1. The predicted octanol–water partition coefficient (Wildman–Crippen LogP) is 1.95. The van der Waals surface area contributed by atoms with Crippen molar-refractivity contribution in [2.24, 2.45) is 0 Å². The normalized spacial score (nSPS) is 11.2. The minimum atomic E-state index is -4.52. The molecule has 2 nitrogen and oxygen atoms in total. The molecule has 0 saturated carbocycles. The zero-order chi connectivity index (χ0) is 12.3. The zero-order valence-electron chi connectivity index (χ0n) is 8.89. The number of hydrogen-bond donors (Lipinski definition) is 0. The molecule has 6 heteroatoms. The fourth-order valence-electron chi connectivity index (χ4n) is 1.31. The lowest BCUT2D eigenvalue weighted by Gasteiger charge is -2.12. The van der Waals surface area contributed by atoms with Crippen molar-refractivity contribution in [2.45, 2.75) is 12.5 Å². The highest BCUT2D eigenvalue weighted by Crippen LogP contribution is 2.36. The summed E-state index contributed by atoms with van der Waals surface area (Å²) in [4.78, 5) is 11.3. The van der Waals surface area contributed by atoms with Crippen LogP contribution in [0.15, 0.2) is 18.2 Å². The molecule has 0 spiro atoms. The highest BCUT2D eigenvalue weighted by Gasteiger charge is 2.34. The van der Waals surface area contributed by atoms with E-state index in [-0.39, 0.29) is 23.4 Å². The molecule has 16 heavy (non-hydrogen) atoms. The van der Waals surface area contributed by atoms with E-state index in [1.807, 2.05) is 0 Å². The number of alkyl halides is 3. The first kappa shape index (κ1) is 12.6. The lowest BCUT2D eigenvalue weighted by atomic mass is 9.94. The molecule has 0 unspecified atom stereocenters. The largest absolute Gasteiger partial charge is 0.496 e. The molecule has 0 aliphatic rings. The average Bonchev–Trinajstić information content (AvgIpc) is 2.26. The van der Waals surface area contributed by atoms with E-state index in [4.69, 9.17) is 0 Å². The van der Waals surface area contributed by atoms with Crippen LogP contribution < -0.4 is 4.74 Å². The smallest absolute Gasteiger partial charge is 0.419 e. The Balaban J connectivity index is 3.27. The van der Waals surface area contributed by atoms with Gasteiger partial charge in [-0.25, -0.2) is 0 Å². The number of hydrogen-bond acceptors (Lipinski definition) is 2. The minimum absolute atomic E-state index is 0.0515. The van der Waals surface area contributed by atoms with Crippen molar-refractivity contribution in [3.8, 4) is 5.75 Å². The summed E-state index contributed by atoms with van der Waals surface area (Å²) in [6, 6.07) is 3.32. The lowest BCUT2D eigenvalue weighted by molar-refractivity contribution is -0.138. The molecule has 0 heterocycles. The number of carbonyl (C=O) groups is 1. The molecule has 0 bridgehead atoms. The number of rotatable bonds is 3. The van der Waals surface area contributed by atoms with Gasteiger partial charge in [-0.3, -0.25) is 4.79 Å². The monoisotopic (exact) mass is 230 g/mol. The maximum Gasteiger partial charge on any atom is 0.419 e. The van der Waals surface area contributed by atoms with Crippen molar-refractivity contribution in [1.29, 1.82) is 0 Å². The second-order valence-electron chi connectivity index (χ2n) is 3.19. The molecule has 86 valence electrons. The van der Waals surface area contributed by atoms with Crippen LogP contribution in [0.4, 0.5) is 13.2 Å². The van der Waals surface area contributed by atoms with Crippen molar-refractivity contribution in [1.82, 2.24) is 0 Å². The van der Waals surface area contributed by atoms with Gasteiger partial charge in [0.05, 0.1) is 12.7 Å². The second kappa shape index (κ2) is 4.59. The summed E-state index contributed by atoms with van der Waals surface area (Å²) < 4.78 is 42.4. The summed E-state index contributed by atoms with van der Waals surface area (Å²) in [5, 5.41) is 0. The average molecular weight is 230 g/mol. The lowest BCUT2D eigenvalue weighted by Crippen LogP contribution is -2.09. The van der Waals surface area contributed by atoms with Gasteiger partial charge in [0.15, 0.2) is 5.78 Å². The van der Waals surface area contributed by atoms with E-state index in [9.17, 15) is 18.0 Å². The zero-order valence-corrected chi connectivity index (χ0v) is 8.89. The van der Waals surface area contributed by atoms with Gasteiger partial charge in [0, 0.05) is 5.56 Å². The van der Waals surface area contributed by atoms with E-state index in [0.717, 1.165) is 19.2 Å². The van der Waals surface area contributed by atoms with E-state index in [2.05, 4.69) is 4.74 Å². The van der Waals surface area contributed by atoms with Gasteiger partial charge in [-0.1, -0.05) is 0 Å². The summed E-state index contributed by atoms with van der Waals surface area (Å²) in [7, 11) is 2.76.